The predicted molar refractivity (Wildman–Crippen MR) is 71.3 cm³/mol. The fraction of sp³-hybridized carbons (Fsp3) is 0.462. The zero-order chi connectivity index (χ0) is 12.7. The van der Waals surface area contributed by atoms with E-state index in [2.05, 4.69) is 24.5 Å². The minimum absolute atomic E-state index is 0.0258. The Morgan fingerprint density at radius 3 is 2.76 bits per heavy atom. The summed E-state index contributed by atoms with van der Waals surface area (Å²) in [5.41, 5.74) is 0.937. The van der Waals surface area contributed by atoms with Gasteiger partial charge in [0.15, 0.2) is 0 Å². The number of nitrogens with one attached hydrogen (secondary N) is 2. The van der Waals surface area contributed by atoms with Gasteiger partial charge in [-0.05, 0) is 17.7 Å². The fourth-order valence-corrected chi connectivity index (χ4v) is 1.67. The summed E-state index contributed by atoms with van der Waals surface area (Å²) in [7, 11) is 0. The van der Waals surface area contributed by atoms with Crippen molar-refractivity contribution < 1.29 is 4.79 Å². The van der Waals surface area contributed by atoms with Crippen molar-refractivity contribution in [3.63, 3.8) is 0 Å². The van der Waals surface area contributed by atoms with Crippen LogP contribution >= 0.6 is 11.6 Å². The molecule has 0 aliphatic heterocycles. The van der Waals surface area contributed by atoms with Gasteiger partial charge in [-0.3, -0.25) is 4.79 Å². The third kappa shape index (κ3) is 6.29. The van der Waals surface area contributed by atoms with Crippen molar-refractivity contribution >= 4 is 17.5 Å². The van der Waals surface area contributed by atoms with Crippen molar-refractivity contribution in [3.8, 4) is 0 Å². The summed E-state index contributed by atoms with van der Waals surface area (Å²) in [4.78, 5) is 11.6. The third-order valence-electron chi connectivity index (χ3n) is 2.25. The number of carbonyl (C=O) groups excluding carboxylic acids is 1. The maximum atomic E-state index is 11.6. The molecular formula is C13H19ClN2O. The lowest BCUT2D eigenvalue weighted by Gasteiger charge is -2.09. The van der Waals surface area contributed by atoms with Crippen LogP contribution in [0.15, 0.2) is 24.3 Å². The first-order valence-electron chi connectivity index (χ1n) is 5.82. The predicted octanol–water partition coefficient (Wildman–Crippen LogP) is 2.00. The lowest BCUT2D eigenvalue weighted by atomic mass is 10.1. The number of carbonyl (C=O) groups is 1. The Morgan fingerprint density at radius 1 is 1.35 bits per heavy atom. The monoisotopic (exact) mass is 254 g/mol. The van der Waals surface area contributed by atoms with E-state index in [1.165, 1.54) is 0 Å². The molecule has 17 heavy (non-hydrogen) atoms. The van der Waals surface area contributed by atoms with Crippen LogP contribution in [-0.4, -0.2) is 25.0 Å². The molecule has 4 heteroatoms. The van der Waals surface area contributed by atoms with Crippen LogP contribution in [0.5, 0.6) is 0 Å². The molecule has 0 saturated heterocycles. The van der Waals surface area contributed by atoms with Crippen LogP contribution in [0.25, 0.3) is 0 Å². The van der Waals surface area contributed by atoms with Crippen LogP contribution < -0.4 is 10.6 Å². The van der Waals surface area contributed by atoms with Crippen molar-refractivity contribution in [3.05, 3.63) is 34.9 Å². The summed E-state index contributed by atoms with van der Waals surface area (Å²) in [6, 6.07) is 7.81. The molecule has 0 saturated carbocycles. The van der Waals surface area contributed by atoms with Crippen LogP contribution in [0.3, 0.4) is 0 Å². The van der Waals surface area contributed by atoms with Crippen LogP contribution in [0.1, 0.15) is 19.4 Å². The minimum Gasteiger partial charge on any atom is -0.355 e. The average molecular weight is 255 g/mol. The Labute approximate surface area is 108 Å². The molecule has 0 heterocycles. The van der Waals surface area contributed by atoms with E-state index in [9.17, 15) is 4.79 Å². The standard InChI is InChI=1S/C13H19ClN2O/c1-10(2)15-6-7-16-13(17)9-11-4-3-5-12(14)8-11/h3-5,8,10,15H,6-7,9H2,1-2H3,(H,16,17). The fourth-order valence-electron chi connectivity index (χ4n) is 1.46. The molecule has 0 unspecified atom stereocenters. The van der Waals surface area contributed by atoms with Crippen molar-refractivity contribution in [1.29, 1.82) is 0 Å². The molecule has 0 fully saturated rings. The summed E-state index contributed by atoms with van der Waals surface area (Å²) in [6.45, 7) is 5.60. The number of halogens is 1. The summed E-state index contributed by atoms with van der Waals surface area (Å²) in [5, 5.41) is 6.76. The van der Waals surface area contributed by atoms with Gasteiger partial charge in [-0.25, -0.2) is 0 Å². The number of benzene rings is 1. The summed E-state index contributed by atoms with van der Waals surface area (Å²) in [6.07, 6.45) is 0.377. The van der Waals surface area contributed by atoms with Crippen molar-refractivity contribution in [1.82, 2.24) is 10.6 Å². The molecule has 3 nitrogen and oxygen atoms in total. The van der Waals surface area contributed by atoms with Crippen molar-refractivity contribution in [2.24, 2.45) is 0 Å². The highest BCUT2D eigenvalue weighted by atomic mass is 35.5. The largest absolute Gasteiger partial charge is 0.355 e. The normalized spacial score (nSPS) is 10.6. The summed E-state index contributed by atoms with van der Waals surface area (Å²) < 4.78 is 0. The van der Waals surface area contributed by atoms with Crippen LogP contribution in [-0.2, 0) is 11.2 Å². The van der Waals surface area contributed by atoms with Gasteiger partial charge < -0.3 is 10.6 Å². The highest BCUT2D eigenvalue weighted by Gasteiger charge is 2.03. The molecular weight excluding hydrogens is 236 g/mol. The zero-order valence-electron chi connectivity index (χ0n) is 10.3. The Balaban J connectivity index is 2.25. The smallest absolute Gasteiger partial charge is 0.224 e. The first-order valence-corrected chi connectivity index (χ1v) is 6.20. The minimum atomic E-state index is 0.0258. The van der Waals surface area contributed by atoms with E-state index < -0.39 is 0 Å². The molecule has 0 spiro atoms. The lowest BCUT2D eigenvalue weighted by molar-refractivity contribution is -0.120. The molecule has 1 aromatic carbocycles. The molecule has 0 radical (unpaired) electrons. The van der Waals surface area contributed by atoms with Gasteiger partial charge in [0, 0.05) is 24.2 Å². The van der Waals surface area contributed by atoms with Crippen molar-refractivity contribution in [2.45, 2.75) is 26.3 Å². The van der Waals surface area contributed by atoms with E-state index in [-0.39, 0.29) is 5.91 Å². The van der Waals surface area contributed by atoms with Gasteiger partial charge in [0.05, 0.1) is 6.42 Å². The molecule has 1 aromatic rings. The molecule has 1 amide bonds. The Hall–Kier alpha value is -1.06. The maximum Gasteiger partial charge on any atom is 0.224 e. The Bertz CT molecular complexity index is 366. The summed E-state index contributed by atoms with van der Waals surface area (Å²) >= 11 is 5.85. The highest BCUT2D eigenvalue weighted by Crippen LogP contribution is 2.10. The van der Waals surface area contributed by atoms with Crippen LogP contribution in [0, 0.1) is 0 Å². The highest BCUT2D eigenvalue weighted by molar-refractivity contribution is 6.30. The topological polar surface area (TPSA) is 41.1 Å². The quantitative estimate of drug-likeness (QED) is 0.763. The number of hydrogen-bond acceptors (Lipinski definition) is 2. The molecule has 0 bridgehead atoms. The van der Waals surface area contributed by atoms with Gasteiger partial charge in [0.2, 0.25) is 5.91 Å². The van der Waals surface area contributed by atoms with E-state index in [0.29, 0.717) is 24.0 Å². The van der Waals surface area contributed by atoms with E-state index in [1.54, 1.807) is 6.07 Å². The first-order chi connectivity index (χ1) is 8.08. The second kappa shape index (κ2) is 7.30. The third-order valence-corrected chi connectivity index (χ3v) is 2.49. The molecule has 1 rings (SSSR count). The van der Waals surface area contributed by atoms with Gasteiger partial charge in [-0.15, -0.1) is 0 Å². The summed E-state index contributed by atoms with van der Waals surface area (Å²) in [5.74, 6) is 0.0258. The maximum absolute atomic E-state index is 11.6. The molecule has 94 valence electrons. The van der Waals surface area contributed by atoms with Gasteiger partial charge >= 0.3 is 0 Å². The zero-order valence-corrected chi connectivity index (χ0v) is 11.1. The molecule has 2 N–H and O–H groups in total. The SMILES string of the molecule is CC(C)NCCNC(=O)Cc1cccc(Cl)c1. The van der Waals surface area contributed by atoms with E-state index in [1.807, 2.05) is 18.2 Å². The first kappa shape index (κ1) is 14.0. The number of hydrogen-bond donors (Lipinski definition) is 2. The van der Waals surface area contributed by atoms with Gasteiger partial charge in [0.25, 0.3) is 0 Å². The molecule has 0 aliphatic rings. The van der Waals surface area contributed by atoms with Gasteiger partial charge in [-0.2, -0.15) is 0 Å². The van der Waals surface area contributed by atoms with Gasteiger partial charge in [-0.1, -0.05) is 37.6 Å². The van der Waals surface area contributed by atoms with Crippen LogP contribution in [0.2, 0.25) is 5.02 Å². The van der Waals surface area contributed by atoms with Gasteiger partial charge in [0.1, 0.15) is 0 Å². The van der Waals surface area contributed by atoms with E-state index in [4.69, 9.17) is 11.6 Å². The molecule has 0 atom stereocenters. The number of amides is 1. The van der Waals surface area contributed by atoms with E-state index >= 15 is 0 Å². The Morgan fingerprint density at radius 2 is 2.12 bits per heavy atom. The number of rotatable bonds is 6. The second-order valence-electron chi connectivity index (χ2n) is 4.27. The molecule has 0 aliphatic carbocycles. The second-order valence-corrected chi connectivity index (χ2v) is 4.70. The van der Waals surface area contributed by atoms with E-state index in [0.717, 1.165) is 12.1 Å². The van der Waals surface area contributed by atoms with Crippen LogP contribution in [0.4, 0.5) is 0 Å². The average Bonchev–Trinajstić information content (AvgIpc) is 2.24. The Kier molecular flexibility index (Phi) is 6.01. The molecule has 0 aromatic heterocycles. The van der Waals surface area contributed by atoms with Crippen molar-refractivity contribution in [2.75, 3.05) is 13.1 Å². The lowest BCUT2D eigenvalue weighted by Crippen LogP contribution is -2.35.